The highest BCUT2D eigenvalue weighted by Crippen LogP contribution is 2.09. The maximum atomic E-state index is 2.77. The second-order valence-electron chi connectivity index (χ2n) is 5.56. The number of hydrogen-bond acceptors (Lipinski definition) is 1. The molecule has 0 saturated carbocycles. The van der Waals surface area contributed by atoms with Gasteiger partial charge in [0.1, 0.15) is 6.17 Å². The molecule has 1 aliphatic heterocycles. The van der Waals surface area contributed by atoms with Crippen LogP contribution >= 0.6 is 0 Å². The van der Waals surface area contributed by atoms with Crippen molar-refractivity contribution < 1.29 is 17.3 Å². The van der Waals surface area contributed by atoms with Crippen LogP contribution in [0.4, 0.5) is 0 Å². The zero-order valence-corrected chi connectivity index (χ0v) is 13.4. The van der Waals surface area contributed by atoms with E-state index >= 15 is 0 Å². The Hall–Kier alpha value is 0.210. The monoisotopic (exact) mass is 276 g/mol. The van der Waals surface area contributed by atoms with Crippen LogP contribution in [0.5, 0.6) is 0 Å². The Bertz CT molecular complexity index is 171. The molecule has 0 aromatic rings. The van der Waals surface area contributed by atoms with Crippen molar-refractivity contribution in [2.45, 2.75) is 71.9 Å². The molecule has 18 heavy (non-hydrogen) atoms. The maximum Gasteiger partial charge on any atom is 0.144 e. The number of rotatable bonds is 9. The third-order valence-corrected chi connectivity index (χ3v) is 4.11. The minimum absolute atomic E-state index is 0. The lowest BCUT2D eigenvalue weighted by Crippen LogP contribution is -3.14. The van der Waals surface area contributed by atoms with Gasteiger partial charge in [0.05, 0.1) is 19.6 Å². The molecule has 2 atom stereocenters. The van der Waals surface area contributed by atoms with Crippen molar-refractivity contribution in [3.63, 3.8) is 0 Å². The summed E-state index contributed by atoms with van der Waals surface area (Å²) in [7, 11) is 0. The van der Waals surface area contributed by atoms with E-state index < -0.39 is 0 Å². The normalized spacial score (nSPS) is 24.2. The molecule has 2 unspecified atom stereocenters. The molecule has 0 aliphatic carbocycles. The highest BCUT2D eigenvalue weighted by Gasteiger charge is 2.33. The summed E-state index contributed by atoms with van der Waals surface area (Å²) in [6, 6.07) is 0. The van der Waals surface area contributed by atoms with Gasteiger partial charge >= 0.3 is 0 Å². The predicted molar refractivity (Wildman–Crippen MR) is 75.4 cm³/mol. The van der Waals surface area contributed by atoms with E-state index in [0.717, 1.165) is 6.17 Å². The summed E-state index contributed by atoms with van der Waals surface area (Å²) in [4.78, 5) is 4.64. The van der Waals surface area contributed by atoms with Crippen molar-refractivity contribution in [2.75, 3.05) is 26.2 Å². The molecule has 110 valence electrons. The van der Waals surface area contributed by atoms with E-state index in [1.165, 1.54) is 71.1 Å². The van der Waals surface area contributed by atoms with Crippen molar-refractivity contribution in [3.8, 4) is 0 Å². The minimum Gasteiger partial charge on any atom is -1.00 e. The maximum absolute atomic E-state index is 2.77. The van der Waals surface area contributed by atoms with Crippen molar-refractivity contribution >= 4 is 0 Å². The Kier molecular flexibility index (Phi) is 11.2. The van der Waals surface area contributed by atoms with Gasteiger partial charge in [0.2, 0.25) is 0 Å². The molecule has 0 amide bonds. The van der Waals surface area contributed by atoms with E-state index in [0.29, 0.717) is 0 Å². The highest BCUT2D eigenvalue weighted by atomic mass is 35.5. The topological polar surface area (TPSA) is 7.68 Å². The van der Waals surface area contributed by atoms with Gasteiger partial charge in [-0.25, -0.2) is 4.90 Å². The number of halogens is 1. The van der Waals surface area contributed by atoms with Crippen LogP contribution in [-0.4, -0.2) is 37.2 Å². The van der Waals surface area contributed by atoms with E-state index in [2.05, 4.69) is 25.7 Å². The van der Waals surface area contributed by atoms with Gasteiger partial charge in [-0.2, -0.15) is 0 Å². The predicted octanol–water partition coefficient (Wildman–Crippen LogP) is -0.693. The number of unbranched alkanes of at least 4 members (excludes halogenated alkanes) is 3. The van der Waals surface area contributed by atoms with Crippen LogP contribution in [0.25, 0.3) is 0 Å². The van der Waals surface area contributed by atoms with Crippen LogP contribution in [0.15, 0.2) is 0 Å². The van der Waals surface area contributed by atoms with Gasteiger partial charge in [-0.1, -0.05) is 40.0 Å². The minimum atomic E-state index is 0. The largest absolute Gasteiger partial charge is 1.00 e. The fraction of sp³-hybridized carbons (Fsp3) is 1.00. The van der Waals surface area contributed by atoms with Gasteiger partial charge in [0.25, 0.3) is 0 Å². The smallest absolute Gasteiger partial charge is 0.144 e. The van der Waals surface area contributed by atoms with Gasteiger partial charge in [0, 0.05) is 13.0 Å². The van der Waals surface area contributed by atoms with Crippen LogP contribution in [0.2, 0.25) is 0 Å². The van der Waals surface area contributed by atoms with Crippen LogP contribution in [0, 0.1) is 0 Å². The quantitative estimate of drug-likeness (QED) is 0.586. The molecule has 1 saturated heterocycles. The second kappa shape index (κ2) is 11.1. The molecule has 1 rings (SSSR count). The number of nitrogens with zero attached hydrogens (tertiary/aromatic N) is 1. The first-order chi connectivity index (χ1) is 8.33. The Morgan fingerprint density at radius 2 is 1.67 bits per heavy atom. The zero-order chi connectivity index (χ0) is 12.5. The Balaban J connectivity index is 0.00000289. The lowest BCUT2D eigenvalue weighted by Gasteiger charge is -2.27. The highest BCUT2D eigenvalue weighted by molar-refractivity contribution is 4.68. The molecule has 1 N–H and O–H groups in total. The van der Waals surface area contributed by atoms with Crippen molar-refractivity contribution in [3.05, 3.63) is 0 Å². The molecular formula is C15H33ClN2. The summed E-state index contributed by atoms with van der Waals surface area (Å²) in [5.41, 5.74) is 0. The second-order valence-corrected chi connectivity index (χ2v) is 5.56. The fourth-order valence-electron chi connectivity index (χ4n) is 2.98. The SMILES string of the molecule is CCCCC1N(CCCC)CC[NH+]1CCCC.[Cl-]. The van der Waals surface area contributed by atoms with Crippen LogP contribution < -0.4 is 17.3 Å². The third-order valence-electron chi connectivity index (χ3n) is 4.11. The molecule has 0 bridgehead atoms. The Morgan fingerprint density at radius 3 is 2.28 bits per heavy atom. The first kappa shape index (κ1) is 18.2. The molecule has 1 heterocycles. The molecule has 1 fully saturated rings. The average molecular weight is 277 g/mol. The molecule has 2 nitrogen and oxygen atoms in total. The molecule has 0 aromatic heterocycles. The van der Waals surface area contributed by atoms with Gasteiger partial charge < -0.3 is 17.3 Å². The van der Waals surface area contributed by atoms with Crippen LogP contribution in [0.1, 0.15) is 65.7 Å². The van der Waals surface area contributed by atoms with E-state index in [4.69, 9.17) is 0 Å². The lowest BCUT2D eigenvalue weighted by atomic mass is 10.2. The molecule has 1 aliphatic rings. The lowest BCUT2D eigenvalue weighted by molar-refractivity contribution is -0.919. The van der Waals surface area contributed by atoms with Gasteiger partial charge in [-0.15, -0.1) is 0 Å². The molecule has 3 heteroatoms. The van der Waals surface area contributed by atoms with Crippen LogP contribution in [-0.2, 0) is 0 Å². The van der Waals surface area contributed by atoms with Crippen molar-refractivity contribution in [2.24, 2.45) is 0 Å². The number of quaternary nitrogens is 1. The average Bonchev–Trinajstić information content (AvgIpc) is 2.73. The van der Waals surface area contributed by atoms with Gasteiger partial charge in [-0.3, -0.25) is 0 Å². The molecule has 0 aromatic carbocycles. The summed E-state index contributed by atoms with van der Waals surface area (Å²) in [5.74, 6) is 0. The summed E-state index contributed by atoms with van der Waals surface area (Å²) in [6.45, 7) is 12.4. The first-order valence-corrected chi connectivity index (χ1v) is 7.92. The van der Waals surface area contributed by atoms with Crippen molar-refractivity contribution in [1.82, 2.24) is 4.90 Å². The summed E-state index contributed by atoms with van der Waals surface area (Å²) in [5, 5.41) is 0. The van der Waals surface area contributed by atoms with Crippen molar-refractivity contribution in [1.29, 1.82) is 0 Å². The van der Waals surface area contributed by atoms with E-state index in [1.54, 1.807) is 0 Å². The van der Waals surface area contributed by atoms with Gasteiger partial charge in [0.15, 0.2) is 0 Å². The molecular weight excluding hydrogens is 244 g/mol. The van der Waals surface area contributed by atoms with E-state index in [1.807, 2.05) is 4.90 Å². The third kappa shape index (κ3) is 5.90. The van der Waals surface area contributed by atoms with Gasteiger partial charge in [-0.05, 0) is 19.3 Å². The number of hydrogen-bond donors (Lipinski definition) is 1. The fourth-order valence-corrected chi connectivity index (χ4v) is 2.98. The number of nitrogens with one attached hydrogen (secondary N) is 1. The standard InChI is InChI=1S/C15H32N2.ClH/c1-4-7-10-15-16(11-8-5-2)13-14-17(15)12-9-6-3;/h15H,4-14H2,1-3H3;1H. The Labute approximate surface area is 121 Å². The van der Waals surface area contributed by atoms with E-state index in [9.17, 15) is 0 Å². The van der Waals surface area contributed by atoms with Crippen LogP contribution in [0.3, 0.4) is 0 Å². The summed E-state index contributed by atoms with van der Waals surface area (Å²) >= 11 is 0. The van der Waals surface area contributed by atoms with E-state index in [-0.39, 0.29) is 12.4 Å². The first-order valence-electron chi connectivity index (χ1n) is 7.92. The summed E-state index contributed by atoms with van der Waals surface area (Å²) in [6.07, 6.45) is 10.5. The molecule has 0 radical (unpaired) electrons. The zero-order valence-electron chi connectivity index (χ0n) is 12.7. The Morgan fingerprint density at radius 1 is 1.00 bits per heavy atom. The summed E-state index contributed by atoms with van der Waals surface area (Å²) < 4.78 is 0. The molecule has 0 spiro atoms.